The van der Waals surface area contributed by atoms with E-state index in [-0.39, 0.29) is 11.8 Å². The van der Waals surface area contributed by atoms with Crippen molar-refractivity contribution < 1.29 is 14.3 Å². The highest BCUT2D eigenvalue weighted by atomic mass is 16.5. The van der Waals surface area contributed by atoms with Gasteiger partial charge < -0.3 is 24.6 Å². The second-order valence-corrected chi connectivity index (χ2v) is 8.39. The Morgan fingerprint density at radius 1 is 1.27 bits per heavy atom. The molecule has 33 heavy (non-hydrogen) atoms. The summed E-state index contributed by atoms with van der Waals surface area (Å²) in [5, 5.41) is 4.09. The molecular weight excluding hydrogens is 416 g/mol. The Bertz CT molecular complexity index is 1190. The van der Waals surface area contributed by atoms with E-state index in [0.717, 1.165) is 53.1 Å². The summed E-state index contributed by atoms with van der Waals surface area (Å²) in [6, 6.07) is 8.01. The van der Waals surface area contributed by atoms with Crippen LogP contribution in [-0.2, 0) is 9.53 Å². The van der Waals surface area contributed by atoms with Crippen molar-refractivity contribution >= 4 is 28.1 Å². The minimum absolute atomic E-state index is 0.00106. The average Bonchev–Trinajstić information content (AvgIpc) is 3.33. The Morgan fingerprint density at radius 3 is 2.82 bits per heavy atom. The Kier molecular flexibility index (Phi) is 6.85. The monoisotopic (exact) mass is 446 g/mol. The highest BCUT2D eigenvalue weighted by molar-refractivity contribution is 5.95. The SMILES string of the molecule is CNCCOC1=C=C=C(c2cc(N3CC[C@H](C(=O)N(C)C)C3)c3ccc(OC)cc3n2)C=C1. The summed E-state index contributed by atoms with van der Waals surface area (Å²) in [4.78, 5) is 21.4. The van der Waals surface area contributed by atoms with E-state index in [1.807, 2.05) is 51.5 Å². The summed E-state index contributed by atoms with van der Waals surface area (Å²) in [7, 11) is 7.17. The maximum Gasteiger partial charge on any atom is 0.227 e. The third-order valence-electron chi connectivity index (χ3n) is 5.92. The smallest absolute Gasteiger partial charge is 0.227 e. The number of rotatable bonds is 8. The Morgan fingerprint density at radius 2 is 2.12 bits per heavy atom. The second-order valence-electron chi connectivity index (χ2n) is 8.39. The summed E-state index contributed by atoms with van der Waals surface area (Å²) >= 11 is 0. The first-order chi connectivity index (χ1) is 16.0. The van der Waals surface area contributed by atoms with Gasteiger partial charge >= 0.3 is 0 Å². The third-order valence-corrected chi connectivity index (χ3v) is 5.92. The van der Waals surface area contributed by atoms with Crippen molar-refractivity contribution in [3.63, 3.8) is 0 Å². The molecule has 4 rings (SSSR count). The highest BCUT2D eigenvalue weighted by Crippen LogP contribution is 2.35. The normalized spacial score (nSPS) is 17.2. The lowest BCUT2D eigenvalue weighted by molar-refractivity contribution is -0.132. The summed E-state index contributed by atoms with van der Waals surface area (Å²) in [6.07, 6.45) is 4.68. The van der Waals surface area contributed by atoms with Gasteiger partial charge in [-0.2, -0.15) is 0 Å². The van der Waals surface area contributed by atoms with Crippen molar-refractivity contribution in [2.24, 2.45) is 5.92 Å². The van der Waals surface area contributed by atoms with Gasteiger partial charge in [0.2, 0.25) is 5.91 Å². The number of hydrogen-bond donors (Lipinski definition) is 1. The fourth-order valence-electron chi connectivity index (χ4n) is 4.13. The van der Waals surface area contributed by atoms with Crippen LogP contribution in [0, 0.1) is 5.92 Å². The van der Waals surface area contributed by atoms with Crippen molar-refractivity contribution in [3.8, 4) is 5.75 Å². The van der Waals surface area contributed by atoms with Crippen LogP contribution in [0.15, 0.2) is 53.6 Å². The van der Waals surface area contributed by atoms with E-state index in [9.17, 15) is 4.79 Å². The molecule has 2 heterocycles. The molecule has 1 fully saturated rings. The van der Waals surface area contributed by atoms with E-state index < -0.39 is 0 Å². The summed E-state index contributed by atoms with van der Waals surface area (Å²) < 4.78 is 11.1. The number of nitrogens with one attached hydrogen (secondary N) is 1. The molecule has 0 saturated carbocycles. The van der Waals surface area contributed by atoms with E-state index in [0.29, 0.717) is 18.9 Å². The third kappa shape index (κ3) is 4.96. The molecule has 7 heteroatoms. The number of methoxy groups -OCH3 is 1. The fraction of sp³-hybridized carbons (Fsp3) is 0.385. The molecular formula is C26H30N4O3. The molecule has 1 saturated heterocycles. The predicted molar refractivity (Wildman–Crippen MR) is 130 cm³/mol. The van der Waals surface area contributed by atoms with Gasteiger partial charge in [0.1, 0.15) is 12.4 Å². The van der Waals surface area contributed by atoms with E-state index in [2.05, 4.69) is 27.7 Å². The van der Waals surface area contributed by atoms with Crippen LogP contribution in [0.4, 0.5) is 5.69 Å². The van der Waals surface area contributed by atoms with E-state index >= 15 is 0 Å². The number of aromatic nitrogens is 1. The van der Waals surface area contributed by atoms with Crippen LogP contribution in [0.5, 0.6) is 5.75 Å². The molecule has 7 nitrogen and oxygen atoms in total. The van der Waals surface area contributed by atoms with Gasteiger partial charge in [0, 0.05) is 50.9 Å². The van der Waals surface area contributed by atoms with Gasteiger partial charge in [-0.05, 0) is 49.6 Å². The fourth-order valence-corrected chi connectivity index (χ4v) is 4.13. The minimum Gasteiger partial charge on any atom is -0.497 e. The molecule has 2 aliphatic rings. The molecule has 1 aliphatic carbocycles. The van der Waals surface area contributed by atoms with Crippen LogP contribution in [0.3, 0.4) is 0 Å². The molecule has 1 atom stereocenters. The number of amides is 1. The average molecular weight is 447 g/mol. The molecule has 1 amide bonds. The zero-order valence-corrected chi connectivity index (χ0v) is 19.6. The molecule has 172 valence electrons. The largest absolute Gasteiger partial charge is 0.497 e. The highest BCUT2D eigenvalue weighted by Gasteiger charge is 2.30. The first-order valence-corrected chi connectivity index (χ1v) is 11.2. The maximum atomic E-state index is 12.5. The molecule has 0 radical (unpaired) electrons. The minimum atomic E-state index is -0.00106. The van der Waals surface area contributed by atoms with Gasteiger partial charge in [0.15, 0.2) is 5.76 Å². The maximum absolute atomic E-state index is 12.5. The number of carbonyl (C=O) groups is 1. The van der Waals surface area contributed by atoms with Gasteiger partial charge in [0.05, 0.1) is 29.8 Å². The number of anilines is 1. The number of hydrogen-bond acceptors (Lipinski definition) is 6. The van der Waals surface area contributed by atoms with E-state index in [1.165, 1.54) is 0 Å². The van der Waals surface area contributed by atoms with Gasteiger partial charge in [-0.3, -0.25) is 4.79 Å². The molecule has 0 bridgehead atoms. The number of benzene rings is 1. The van der Waals surface area contributed by atoms with Crippen molar-refractivity contribution in [1.82, 2.24) is 15.2 Å². The van der Waals surface area contributed by atoms with Gasteiger partial charge in [0.25, 0.3) is 0 Å². The van der Waals surface area contributed by atoms with E-state index in [1.54, 1.807) is 12.0 Å². The van der Waals surface area contributed by atoms with Crippen LogP contribution in [-0.4, -0.2) is 70.3 Å². The van der Waals surface area contributed by atoms with Crippen molar-refractivity contribution in [2.75, 3.05) is 59.4 Å². The molecule has 0 spiro atoms. The Labute approximate surface area is 194 Å². The van der Waals surface area contributed by atoms with E-state index in [4.69, 9.17) is 14.5 Å². The second kappa shape index (κ2) is 9.97. The molecule has 2 aromatic rings. The molecule has 0 unspecified atom stereocenters. The zero-order chi connectivity index (χ0) is 23.4. The van der Waals surface area contributed by atoms with Crippen LogP contribution in [0.1, 0.15) is 12.1 Å². The van der Waals surface area contributed by atoms with Crippen molar-refractivity contribution in [2.45, 2.75) is 6.42 Å². The van der Waals surface area contributed by atoms with Crippen molar-refractivity contribution in [3.05, 3.63) is 59.3 Å². The number of likely N-dealkylation sites (N-methyl/N-ethyl adjacent to an activating group) is 1. The number of ether oxygens (including phenoxy) is 2. The summed E-state index contributed by atoms with van der Waals surface area (Å²) in [5.74, 6) is 1.58. The lowest BCUT2D eigenvalue weighted by Crippen LogP contribution is -2.31. The Balaban J connectivity index is 1.73. The molecule has 1 aromatic carbocycles. The Hall–Kier alpha value is -3.50. The first kappa shape index (κ1) is 22.7. The standard InChI is InChI=1S/C26H30N4O3/c1-27-12-14-33-20-7-5-18(6-8-20)23-16-25(22-10-9-21(32-4)15-24(22)28-23)30-13-11-19(17-30)26(31)29(2)3/h5,7,9-10,15-16,19,27H,11-14,17H2,1-4H3/t19-/m0/s1. The van der Waals surface area contributed by atoms with Crippen LogP contribution < -0.4 is 15.0 Å². The van der Waals surface area contributed by atoms with Gasteiger partial charge in [-0.25, -0.2) is 4.98 Å². The number of allylic oxidation sites excluding steroid dienone is 3. The predicted octanol–water partition coefficient (Wildman–Crippen LogP) is 2.99. The van der Waals surface area contributed by atoms with Crippen LogP contribution >= 0.6 is 0 Å². The van der Waals surface area contributed by atoms with Gasteiger partial charge in [-0.1, -0.05) is 5.73 Å². The number of carbonyl (C=O) groups excluding carboxylic acids is 1. The summed E-state index contributed by atoms with van der Waals surface area (Å²) in [6.45, 7) is 2.85. The zero-order valence-electron chi connectivity index (χ0n) is 19.6. The lowest BCUT2D eigenvalue weighted by Gasteiger charge is -2.22. The first-order valence-electron chi connectivity index (χ1n) is 11.2. The number of pyridine rings is 1. The van der Waals surface area contributed by atoms with Crippen LogP contribution in [0.25, 0.3) is 16.5 Å². The molecule has 1 N–H and O–H groups in total. The quantitative estimate of drug-likeness (QED) is 0.497. The summed E-state index contributed by atoms with van der Waals surface area (Å²) in [5.41, 5.74) is 9.81. The van der Waals surface area contributed by atoms with Crippen LogP contribution in [0.2, 0.25) is 0 Å². The topological polar surface area (TPSA) is 66.9 Å². The number of fused-ring (bicyclic) bond motifs is 1. The number of nitrogens with zero attached hydrogens (tertiary/aromatic N) is 3. The lowest BCUT2D eigenvalue weighted by atomic mass is 10.1. The molecule has 1 aromatic heterocycles. The van der Waals surface area contributed by atoms with Crippen molar-refractivity contribution in [1.29, 1.82) is 0 Å². The van der Waals surface area contributed by atoms with Gasteiger partial charge in [-0.15, -0.1) is 0 Å². The molecule has 1 aliphatic heterocycles.